The van der Waals surface area contributed by atoms with Crippen LogP contribution < -0.4 is 14.8 Å². The zero-order valence-corrected chi connectivity index (χ0v) is 16.9. The highest BCUT2D eigenvalue weighted by molar-refractivity contribution is 8.00. The lowest BCUT2D eigenvalue weighted by Crippen LogP contribution is -2.29. The molecule has 1 N–H and O–H groups in total. The number of hydrogen-bond acceptors (Lipinski definition) is 5. The SMILES string of the molecule is COc1ccc(NC(=O)c2ccccc2SCC(=O)N2CCCC2)cc1OC. The number of thioether (sulfide) groups is 1. The van der Waals surface area contributed by atoms with Crippen molar-refractivity contribution in [3.8, 4) is 11.5 Å². The summed E-state index contributed by atoms with van der Waals surface area (Å²) in [5.41, 5.74) is 1.15. The first-order valence-electron chi connectivity index (χ1n) is 9.15. The molecule has 1 fully saturated rings. The summed E-state index contributed by atoms with van der Waals surface area (Å²) in [5, 5.41) is 2.88. The third-order valence-corrected chi connectivity index (χ3v) is 5.64. The highest BCUT2D eigenvalue weighted by Crippen LogP contribution is 2.30. The van der Waals surface area contributed by atoms with Gasteiger partial charge >= 0.3 is 0 Å². The molecule has 0 saturated carbocycles. The Hall–Kier alpha value is -2.67. The van der Waals surface area contributed by atoms with Crippen LogP contribution in [-0.2, 0) is 4.79 Å². The van der Waals surface area contributed by atoms with E-state index in [1.165, 1.54) is 11.8 Å². The molecule has 28 heavy (non-hydrogen) atoms. The van der Waals surface area contributed by atoms with Gasteiger partial charge in [0.1, 0.15) is 0 Å². The number of benzene rings is 2. The van der Waals surface area contributed by atoms with Crippen LogP contribution >= 0.6 is 11.8 Å². The molecule has 0 bridgehead atoms. The zero-order chi connectivity index (χ0) is 19.9. The minimum atomic E-state index is -0.232. The van der Waals surface area contributed by atoms with Gasteiger partial charge in [0.15, 0.2) is 11.5 Å². The predicted octanol–water partition coefficient (Wildman–Crippen LogP) is 3.67. The molecule has 2 aromatic rings. The number of hydrogen-bond donors (Lipinski definition) is 1. The lowest BCUT2D eigenvalue weighted by molar-refractivity contribution is -0.127. The summed E-state index contributed by atoms with van der Waals surface area (Å²) in [7, 11) is 3.11. The van der Waals surface area contributed by atoms with Gasteiger partial charge in [0, 0.05) is 29.7 Å². The minimum Gasteiger partial charge on any atom is -0.493 e. The number of carbonyl (C=O) groups excluding carboxylic acids is 2. The number of nitrogens with zero attached hydrogens (tertiary/aromatic N) is 1. The van der Waals surface area contributed by atoms with Gasteiger partial charge in [-0.05, 0) is 37.1 Å². The van der Waals surface area contributed by atoms with Crippen LogP contribution in [0.25, 0.3) is 0 Å². The van der Waals surface area contributed by atoms with Crippen LogP contribution in [0.4, 0.5) is 5.69 Å². The molecule has 0 spiro atoms. The lowest BCUT2D eigenvalue weighted by Gasteiger charge is -2.15. The maximum absolute atomic E-state index is 12.8. The van der Waals surface area contributed by atoms with Crippen LogP contribution in [0.1, 0.15) is 23.2 Å². The normalized spacial score (nSPS) is 13.3. The van der Waals surface area contributed by atoms with E-state index in [0.29, 0.717) is 28.5 Å². The quantitative estimate of drug-likeness (QED) is 0.719. The van der Waals surface area contributed by atoms with E-state index in [4.69, 9.17) is 9.47 Å². The first-order chi connectivity index (χ1) is 13.6. The number of nitrogens with one attached hydrogen (secondary N) is 1. The molecule has 148 valence electrons. The third kappa shape index (κ3) is 4.78. The number of likely N-dealkylation sites (tertiary alicyclic amines) is 1. The van der Waals surface area contributed by atoms with E-state index in [1.807, 2.05) is 23.1 Å². The second-order valence-electron chi connectivity index (χ2n) is 6.40. The molecule has 1 aliphatic rings. The second kappa shape index (κ2) is 9.50. The van der Waals surface area contributed by atoms with Crippen LogP contribution in [0, 0.1) is 0 Å². The van der Waals surface area contributed by atoms with E-state index in [-0.39, 0.29) is 11.8 Å². The summed E-state index contributed by atoms with van der Waals surface area (Å²) >= 11 is 1.40. The molecule has 7 heteroatoms. The first kappa shape index (κ1) is 20.1. The van der Waals surface area contributed by atoms with Crippen molar-refractivity contribution >= 4 is 29.3 Å². The molecule has 0 aliphatic carbocycles. The Bertz CT molecular complexity index is 850. The maximum atomic E-state index is 12.8. The number of amides is 2. The van der Waals surface area contributed by atoms with Gasteiger partial charge in [0.25, 0.3) is 5.91 Å². The van der Waals surface area contributed by atoms with E-state index < -0.39 is 0 Å². The smallest absolute Gasteiger partial charge is 0.256 e. The Kier molecular flexibility index (Phi) is 6.81. The van der Waals surface area contributed by atoms with Gasteiger partial charge in [0.2, 0.25) is 5.91 Å². The van der Waals surface area contributed by atoms with E-state index in [9.17, 15) is 9.59 Å². The fourth-order valence-electron chi connectivity index (χ4n) is 3.09. The fourth-order valence-corrected chi connectivity index (χ4v) is 4.04. The average molecular weight is 401 g/mol. The Morgan fingerprint density at radius 3 is 2.46 bits per heavy atom. The predicted molar refractivity (Wildman–Crippen MR) is 110 cm³/mol. The van der Waals surface area contributed by atoms with Crippen LogP contribution in [-0.4, -0.2) is 49.8 Å². The lowest BCUT2D eigenvalue weighted by atomic mass is 10.2. The zero-order valence-electron chi connectivity index (χ0n) is 16.1. The topological polar surface area (TPSA) is 67.9 Å². The van der Waals surface area contributed by atoms with Crippen molar-refractivity contribution in [3.05, 3.63) is 48.0 Å². The van der Waals surface area contributed by atoms with E-state index in [1.54, 1.807) is 38.5 Å². The molecule has 1 aliphatic heterocycles. The van der Waals surface area contributed by atoms with Gasteiger partial charge in [-0.2, -0.15) is 0 Å². The van der Waals surface area contributed by atoms with Gasteiger partial charge in [-0.3, -0.25) is 9.59 Å². The van der Waals surface area contributed by atoms with Crippen molar-refractivity contribution in [2.45, 2.75) is 17.7 Å². The number of ether oxygens (including phenoxy) is 2. The summed E-state index contributed by atoms with van der Waals surface area (Å²) in [4.78, 5) is 27.8. The second-order valence-corrected chi connectivity index (χ2v) is 7.41. The van der Waals surface area contributed by atoms with Crippen LogP contribution in [0.3, 0.4) is 0 Å². The van der Waals surface area contributed by atoms with Gasteiger partial charge < -0.3 is 19.7 Å². The van der Waals surface area contributed by atoms with Crippen molar-refractivity contribution in [2.24, 2.45) is 0 Å². The van der Waals surface area contributed by atoms with Crippen molar-refractivity contribution in [1.29, 1.82) is 0 Å². The fraction of sp³-hybridized carbons (Fsp3) is 0.333. The average Bonchev–Trinajstić information content (AvgIpc) is 3.27. The highest BCUT2D eigenvalue weighted by atomic mass is 32.2. The summed E-state index contributed by atoms with van der Waals surface area (Å²) < 4.78 is 10.5. The molecule has 0 aromatic heterocycles. The molecule has 0 atom stereocenters. The van der Waals surface area contributed by atoms with Crippen molar-refractivity contribution in [2.75, 3.05) is 38.4 Å². The molecular weight excluding hydrogens is 376 g/mol. The molecule has 0 unspecified atom stereocenters. The minimum absolute atomic E-state index is 0.123. The number of methoxy groups -OCH3 is 2. The van der Waals surface area contributed by atoms with Crippen molar-refractivity contribution in [1.82, 2.24) is 4.90 Å². The highest BCUT2D eigenvalue weighted by Gasteiger charge is 2.19. The summed E-state index contributed by atoms with van der Waals surface area (Å²) in [6, 6.07) is 12.5. The molecule has 1 heterocycles. The Morgan fingerprint density at radius 2 is 1.75 bits per heavy atom. The molecular formula is C21H24N2O4S. The van der Waals surface area contributed by atoms with Gasteiger partial charge in [-0.1, -0.05) is 12.1 Å². The summed E-state index contributed by atoms with van der Waals surface area (Å²) in [5.74, 6) is 1.36. The summed E-state index contributed by atoms with van der Waals surface area (Å²) in [6.45, 7) is 1.67. The Balaban J connectivity index is 1.69. The number of anilines is 1. The van der Waals surface area contributed by atoms with Crippen molar-refractivity contribution < 1.29 is 19.1 Å². The molecule has 3 rings (SSSR count). The van der Waals surface area contributed by atoms with Gasteiger partial charge in [-0.25, -0.2) is 0 Å². The molecule has 2 aromatic carbocycles. The number of rotatable bonds is 7. The maximum Gasteiger partial charge on any atom is 0.256 e. The monoisotopic (exact) mass is 400 g/mol. The van der Waals surface area contributed by atoms with Crippen LogP contribution in [0.15, 0.2) is 47.4 Å². The van der Waals surface area contributed by atoms with E-state index in [2.05, 4.69) is 5.32 Å². The summed E-state index contributed by atoms with van der Waals surface area (Å²) in [6.07, 6.45) is 2.14. The van der Waals surface area contributed by atoms with Crippen LogP contribution in [0.2, 0.25) is 0 Å². The van der Waals surface area contributed by atoms with Crippen molar-refractivity contribution in [3.63, 3.8) is 0 Å². The van der Waals surface area contributed by atoms with E-state index >= 15 is 0 Å². The van der Waals surface area contributed by atoms with Gasteiger partial charge in [-0.15, -0.1) is 11.8 Å². The number of carbonyl (C=O) groups is 2. The van der Waals surface area contributed by atoms with E-state index in [0.717, 1.165) is 30.8 Å². The van der Waals surface area contributed by atoms with Gasteiger partial charge in [0.05, 0.1) is 25.5 Å². The first-order valence-corrected chi connectivity index (χ1v) is 10.1. The Labute approximate surface area is 169 Å². The standard InChI is InChI=1S/C21H24N2O4S/c1-26-17-10-9-15(13-18(17)27-2)22-21(25)16-7-3-4-8-19(16)28-14-20(24)23-11-5-6-12-23/h3-4,7-10,13H,5-6,11-12,14H2,1-2H3,(H,22,25). The molecule has 0 radical (unpaired) electrons. The Morgan fingerprint density at radius 1 is 1.04 bits per heavy atom. The molecule has 2 amide bonds. The largest absolute Gasteiger partial charge is 0.493 e. The molecule has 6 nitrogen and oxygen atoms in total. The third-order valence-electron chi connectivity index (χ3n) is 4.58. The molecule has 1 saturated heterocycles. The van der Waals surface area contributed by atoms with Crippen LogP contribution in [0.5, 0.6) is 11.5 Å².